The Kier molecular flexibility index (Phi) is 33.0. The van der Waals surface area contributed by atoms with Gasteiger partial charge in [-0.25, -0.2) is 4.98 Å². The number of carbonyl (C=O) groups excluding carboxylic acids is 4. The summed E-state index contributed by atoms with van der Waals surface area (Å²) in [6, 6.07) is 11.3. The monoisotopic (exact) mass is 1030 g/mol. The Morgan fingerprint density at radius 2 is 1.64 bits per heavy atom. The summed E-state index contributed by atoms with van der Waals surface area (Å²) in [7, 11) is 5.85. The molecule has 1 N–H and O–H groups in total. The van der Waals surface area contributed by atoms with Gasteiger partial charge in [0.25, 0.3) is 0 Å². The van der Waals surface area contributed by atoms with Gasteiger partial charge >= 0.3 is 57.6 Å². The average Bonchev–Trinajstić information content (AvgIpc) is 3.56. The molecule has 0 bridgehead atoms. The van der Waals surface area contributed by atoms with Crippen LogP contribution in [0.15, 0.2) is 48.2 Å². The van der Waals surface area contributed by atoms with E-state index in [-0.39, 0.29) is 101 Å². The van der Waals surface area contributed by atoms with E-state index in [9.17, 15) is 27.6 Å². The maximum atomic E-state index is 12.6. The standard InChI is InChI=1S/C19H37N3O2.C12H12N2O.C11H14N2OS.C5H5F3O.C2H4O.C2H6.CH3.K/c1-6-8-18(3,7-2)15-24-10-9-20-17(23)16-11-21(4)12-19(16)13-22(5)14-19;1-10-2-4-11(5-3-10)7-14-8-12(9-15)6-13-14;1-14-8-7-13-5-2-10(3-6-13)11-12-4-9-15-11;6-5(7,8)4(3-9)1-2-4;1-2-3;1-2;;/h16H,6-15H2,1-5H3,(H,20,23);2-6,8-9H,7H2,1H3;4,9-10H,2-3,5-6H2,1H3;3H,1-2H2;2H,1H3;1-2H3;1H3;/q;;;;;;-1;+1. The second kappa shape index (κ2) is 34.4. The van der Waals surface area contributed by atoms with Crippen LogP contribution in [0.25, 0.3) is 0 Å². The number of methoxy groups -OCH3 is 1. The number of piperidine rings is 1. The summed E-state index contributed by atoms with van der Waals surface area (Å²) in [5.74, 6) is 0.966. The number of halogens is 3. The molecule has 3 saturated heterocycles. The average molecular weight is 1030 g/mol. The number of thiazole rings is 1. The van der Waals surface area contributed by atoms with Crippen molar-refractivity contribution >= 4 is 36.1 Å². The quantitative estimate of drug-likeness (QED) is 0.0671. The molecular weight excluding hydrogens is 947 g/mol. The van der Waals surface area contributed by atoms with Crippen LogP contribution in [0.1, 0.15) is 119 Å². The van der Waals surface area contributed by atoms with Crippen molar-refractivity contribution in [3.63, 3.8) is 0 Å². The minimum Gasteiger partial charge on any atom is -0.449 e. The first-order chi connectivity index (χ1) is 32.4. The van der Waals surface area contributed by atoms with Crippen molar-refractivity contribution in [3.05, 3.63) is 77.4 Å². The number of amides is 1. The number of aryl methyl sites for hydroxylation is 1. The summed E-state index contributed by atoms with van der Waals surface area (Å²) < 4.78 is 47.3. The van der Waals surface area contributed by atoms with E-state index in [1.807, 2.05) is 25.4 Å². The van der Waals surface area contributed by atoms with Gasteiger partial charge in [0.1, 0.15) is 24.1 Å². The van der Waals surface area contributed by atoms with Crippen molar-refractivity contribution in [3.8, 4) is 12.2 Å². The molecule has 4 aliphatic rings. The van der Waals surface area contributed by atoms with Crippen LogP contribution in [0.2, 0.25) is 0 Å². The molecule has 388 valence electrons. The third kappa shape index (κ3) is 22.4. The Labute approximate surface area is 464 Å². The first kappa shape index (κ1) is 67.0. The van der Waals surface area contributed by atoms with Gasteiger partial charge < -0.3 is 46.5 Å². The van der Waals surface area contributed by atoms with Gasteiger partial charge in [-0.2, -0.15) is 18.3 Å². The normalized spacial score (nSPS) is 18.1. The topological polar surface area (TPSA) is 139 Å². The summed E-state index contributed by atoms with van der Waals surface area (Å²) in [5.41, 5.74) is 1.53. The van der Waals surface area contributed by atoms with Crippen LogP contribution in [0.5, 0.6) is 0 Å². The predicted molar refractivity (Wildman–Crippen MR) is 270 cm³/mol. The molecule has 3 aliphatic heterocycles. The molecule has 3 aromatic rings. The number of benzene rings is 1. The fraction of sp³-hybridized carbons (Fsp3) is 0.635. The van der Waals surface area contributed by atoms with Crippen LogP contribution in [0.3, 0.4) is 0 Å². The van der Waals surface area contributed by atoms with E-state index in [0.29, 0.717) is 31.2 Å². The van der Waals surface area contributed by atoms with Crippen molar-refractivity contribution in [2.24, 2.45) is 22.2 Å². The number of likely N-dealkylation sites (tertiary alicyclic amines) is 3. The van der Waals surface area contributed by atoms with Crippen molar-refractivity contribution in [1.82, 2.24) is 34.8 Å². The molecule has 5 heterocycles. The Morgan fingerprint density at radius 3 is 2.10 bits per heavy atom. The van der Waals surface area contributed by atoms with E-state index in [1.165, 1.54) is 35.9 Å². The molecule has 2 unspecified atom stereocenters. The number of ether oxygens (including phenoxy) is 2. The number of nitrogens with zero attached hydrogens (tertiary/aromatic N) is 6. The zero-order valence-electron chi connectivity index (χ0n) is 44.2. The van der Waals surface area contributed by atoms with Crippen LogP contribution in [-0.2, 0) is 30.4 Å². The Hall–Kier alpha value is -2.99. The third-order valence-corrected chi connectivity index (χ3v) is 13.4. The first-order valence-corrected chi connectivity index (χ1v) is 24.7. The Balaban J connectivity index is 0.000000909. The smallest absolute Gasteiger partial charge is 0.449 e. The molecular formula is C52H81F3KN7O6S. The number of alkyl halides is 3. The summed E-state index contributed by atoms with van der Waals surface area (Å²) in [6.45, 7) is 23.0. The molecule has 1 spiro atoms. The molecule has 1 aliphatic carbocycles. The van der Waals surface area contributed by atoms with Crippen LogP contribution in [0.4, 0.5) is 13.2 Å². The number of nitrogens with one attached hydrogen (secondary N) is 1. The van der Waals surface area contributed by atoms with Crippen LogP contribution in [-0.4, -0.2) is 141 Å². The second-order valence-corrected chi connectivity index (χ2v) is 19.1. The molecule has 1 amide bonds. The predicted octanol–water partition coefficient (Wildman–Crippen LogP) is 5.98. The van der Waals surface area contributed by atoms with Gasteiger partial charge in [0.15, 0.2) is 6.29 Å². The van der Waals surface area contributed by atoms with Gasteiger partial charge in [-0.1, -0.05) is 70.9 Å². The van der Waals surface area contributed by atoms with Crippen molar-refractivity contribution in [2.45, 2.75) is 112 Å². The summed E-state index contributed by atoms with van der Waals surface area (Å²) >= 11 is 1.76. The maximum Gasteiger partial charge on any atom is 1.00 e. The molecule has 18 heteroatoms. The molecule has 2 atom stereocenters. The Bertz CT molecular complexity index is 1960. The summed E-state index contributed by atoms with van der Waals surface area (Å²) in [6.07, 6.45) is 10.8. The molecule has 70 heavy (non-hydrogen) atoms. The van der Waals surface area contributed by atoms with Gasteiger partial charge in [-0.15, -0.1) is 11.3 Å². The maximum absolute atomic E-state index is 12.6. The van der Waals surface area contributed by atoms with E-state index in [1.54, 1.807) is 35.5 Å². The fourth-order valence-electron chi connectivity index (χ4n) is 8.37. The van der Waals surface area contributed by atoms with Crippen LogP contribution >= 0.6 is 11.3 Å². The number of rotatable bonds is 14. The molecule has 0 radical (unpaired) electrons. The van der Waals surface area contributed by atoms with Crippen LogP contribution in [0, 0.1) is 48.7 Å². The SMILES string of the molecule is CC.CC=O.CCCC(C)(CC)COCCNC(=O)C1CN(C)CC12CN(C)C2.COC#CN1CCC(c2nccs2)CC1.Cc1ccc(Cn2cc(C=O)cn2)cc1.O=CC1(C(F)(F)F)CC1.[CH3-].[K+]. The van der Waals surface area contributed by atoms with Gasteiger partial charge in [0.2, 0.25) is 5.91 Å². The van der Waals surface area contributed by atoms with E-state index >= 15 is 0 Å². The molecule has 1 aromatic carbocycles. The third-order valence-electron chi connectivity index (χ3n) is 12.4. The molecule has 1 saturated carbocycles. The molecule has 13 nitrogen and oxygen atoms in total. The minimum atomic E-state index is -4.31. The van der Waals surface area contributed by atoms with Crippen molar-refractivity contribution in [1.29, 1.82) is 0 Å². The summed E-state index contributed by atoms with van der Waals surface area (Å²) in [5, 5.41) is 10.5. The number of aldehydes is 3. The molecule has 2 aromatic heterocycles. The Morgan fingerprint density at radius 1 is 1.03 bits per heavy atom. The minimum absolute atomic E-state index is 0. The first-order valence-electron chi connectivity index (χ1n) is 23.8. The van der Waals surface area contributed by atoms with Gasteiger partial charge in [-0.3, -0.25) is 14.3 Å². The van der Waals surface area contributed by atoms with Crippen LogP contribution < -0.4 is 56.7 Å². The number of hydrogen-bond donors (Lipinski definition) is 1. The van der Waals surface area contributed by atoms with E-state index in [0.717, 1.165) is 77.7 Å². The number of carbonyl (C=O) groups is 4. The zero-order chi connectivity index (χ0) is 50.8. The molecule has 7 rings (SSSR count). The second-order valence-electron chi connectivity index (χ2n) is 18.2. The number of hydrogen-bond acceptors (Lipinski definition) is 12. The largest absolute Gasteiger partial charge is 1.00 e. The number of aromatic nitrogens is 3. The van der Waals surface area contributed by atoms with Gasteiger partial charge in [0, 0.05) is 74.9 Å². The fourth-order valence-corrected chi connectivity index (χ4v) is 9.18. The van der Waals surface area contributed by atoms with Crippen molar-refractivity contribution in [2.75, 3.05) is 80.2 Å². The van der Waals surface area contributed by atoms with E-state index in [2.05, 4.69) is 108 Å². The molecule has 4 fully saturated rings. The van der Waals surface area contributed by atoms with Gasteiger partial charge in [0.05, 0.1) is 55.6 Å². The van der Waals surface area contributed by atoms with Gasteiger partial charge in [-0.05, 0) is 77.4 Å². The van der Waals surface area contributed by atoms with Crippen molar-refractivity contribution < 1.29 is 93.2 Å². The summed E-state index contributed by atoms with van der Waals surface area (Å²) in [4.78, 5) is 52.8. The van der Waals surface area contributed by atoms with E-state index in [4.69, 9.17) is 14.3 Å². The van der Waals surface area contributed by atoms with E-state index < -0.39 is 11.6 Å². The zero-order valence-corrected chi connectivity index (χ0v) is 48.1.